The van der Waals surface area contributed by atoms with Crippen molar-refractivity contribution < 1.29 is 19.1 Å². The lowest BCUT2D eigenvalue weighted by atomic mass is 9.98. The van der Waals surface area contributed by atoms with Crippen molar-refractivity contribution in [2.24, 2.45) is 5.73 Å². The van der Waals surface area contributed by atoms with Gasteiger partial charge < -0.3 is 15.2 Å². The summed E-state index contributed by atoms with van der Waals surface area (Å²) < 4.78 is 10.1. The van der Waals surface area contributed by atoms with Crippen LogP contribution in [0, 0.1) is 6.92 Å². The summed E-state index contributed by atoms with van der Waals surface area (Å²) in [5.41, 5.74) is 5.44. The van der Waals surface area contributed by atoms with Gasteiger partial charge >= 0.3 is 5.97 Å². The standard InChI is InChI=1S/C13H15NO4/c1-3-17-12(16)13(11(14)15)10(18-13)9-6-4-8(2)5-7-9/h4-7,10H,3H2,1-2H3,(H2,14,15). The highest BCUT2D eigenvalue weighted by Crippen LogP contribution is 2.50. The minimum atomic E-state index is -1.65. The highest BCUT2D eigenvalue weighted by atomic mass is 16.7. The van der Waals surface area contributed by atoms with Gasteiger partial charge in [-0.15, -0.1) is 0 Å². The number of benzene rings is 1. The van der Waals surface area contributed by atoms with Gasteiger partial charge in [-0.3, -0.25) is 4.79 Å². The SMILES string of the molecule is CCOC(=O)C1(C(N)=O)OC1c1ccc(C)cc1. The van der Waals surface area contributed by atoms with Crippen LogP contribution in [0.3, 0.4) is 0 Å². The number of epoxide rings is 1. The zero-order valence-electron chi connectivity index (χ0n) is 10.3. The monoisotopic (exact) mass is 249 g/mol. The molecule has 0 spiro atoms. The maximum atomic E-state index is 11.8. The second kappa shape index (κ2) is 4.42. The van der Waals surface area contributed by atoms with Crippen molar-refractivity contribution in [1.82, 2.24) is 0 Å². The Morgan fingerprint density at radius 2 is 2.00 bits per heavy atom. The van der Waals surface area contributed by atoms with Crippen LogP contribution in [0.4, 0.5) is 0 Å². The van der Waals surface area contributed by atoms with Gasteiger partial charge in [-0.1, -0.05) is 29.8 Å². The average molecular weight is 249 g/mol. The molecule has 1 aromatic carbocycles. The number of hydrogen-bond acceptors (Lipinski definition) is 4. The second-order valence-corrected chi connectivity index (χ2v) is 4.23. The second-order valence-electron chi connectivity index (χ2n) is 4.23. The Balaban J connectivity index is 2.25. The van der Waals surface area contributed by atoms with Gasteiger partial charge in [0.15, 0.2) is 0 Å². The molecule has 0 aliphatic carbocycles. The summed E-state index contributed by atoms with van der Waals surface area (Å²) in [7, 11) is 0. The molecule has 5 heteroatoms. The van der Waals surface area contributed by atoms with Crippen molar-refractivity contribution in [3.05, 3.63) is 35.4 Å². The quantitative estimate of drug-likeness (QED) is 0.487. The third-order valence-electron chi connectivity index (χ3n) is 2.94. The number of esters is 1. The molecule has 1 heterocycles. The van der Waals surface area contributed by atoms with Crippen molar-refractivity contribution >= 4 is 11.9 Å². The summed E-state index contributed by atoms with van der Waals surface area (Å²) in [6, 6.07) is 7.38. The molecule has 0 radical (unpaired) electrons. The summed E-state index contributed by atoms with van der Waals surface area (Å²) in [4.78, 5) is 23.2. The molecule has 0 aromatic heterocycles. The number of carbonyl (C=O) groups excluding carboxylic acids is 2. The molecule has 96 valence electrons. The van der Waals surface area contributed by atoms with Crippen LogP contribution in [-0.4, -0.2) is 24.1 Å². The number of nitrogens with two attached hydrogens (primary N) is 1. The molecule has 0 saturated carbocycles. The largest absolute Gasteiger partial charge is 0.463 e. The molecule has 2 unspecified atom stereocenters. The Kier molecular flexibility index (Phi) is 3.09. The van der Waals surface area contributed by atoms with Gasteiger partial charge in [0.25, 0.3) is 11.5 Å². The number of carbonyl (C=O) groups is 2. The Labute approximate surface area is 105 Å². The molecule has 5 nitrogen and oxygen atoms in total. The van der Waals surface area contributed by atoms with E-state index in [9.17, 15) is 9.59 Å². The number of aryl methyl sites for hydroxylation is 1. The lowest BCUT2D eigenvalue weighted by Crippen LogP contribution is -2.41. The van der Waals surface area contributed by atoms with Crippen molar-refractivity contribution in [2.75, 3.05) is 6.61 Å². The van der Waals surface area contributed by atoms with E-state index in [4.69, 9.17) is 15.2 Å². The molecule has 1 amide bonds. The average Bonchev–Trinajstić information content (AvgIpc) is 3.07. The van der Waals surface area contributed by atoms with Crippen LogP contribution in [0.15, 0.2) is 24.3 Å². The lowest BCUT2D eigenvalue weighted by molar-refractivity contribution is -0.153. The summed E-state index contributed by atoms with van der Waals surface area (Å²) in [5, 5.41) is 0. The van der Waals surface area contributed by atoms with Gasteiger partial charge in [0.1, 0.15) is 6.10 Å². The normalized spacial score (nSPS) is 25.6. The van der Waals surface area contributed by atoms with E-state index < -0.39 is 23.6 Å². The molecule has 2 rings (SSSR count). The van der Waals surface area contributed by atoms with Crippen LogP contribution in [0.25, 0.3) is 0 Å². The summed E-state index contributed by atoms with van der Waals surface area (Å²) in [6.07, 6.45) is -0.644. The van der Waals surface area contributed by atoms with Crippen molar-refractivity contribution in [2.45, 2.75) is 25.6 Å². The third kappa shape index (κ3) is 1.86. The van der Waals surface area contributed by atoms with E-state index in [1.807, 2.05) is 31.2 Å². The Bertz CT molecular complexity index is 482. The molecule has 2 N–H and O–H groups in total. The third-order valence-corrected chi connectivity index (χ3v) is 2.94. The van der Waals surface area contributed by atoms with E-state index in [-0.39, 0.29) is 6.61 Å². The Morgan fingerprint density at radius 3 is 2.50 bits per heavy atom. The minimum Gasteiger partial charge on any atom is -0.463 e. The fourth-order valence-electron chi connectivity index (χ4n) is 1.88. The summed E-state index contributed by atoms with van der Waals surface area (Å²) >= 11 is 0. The lowest BCUT2D eigenvalue weighted by Gasteiger charge is -2.07. The van der Waals surface area contributed by atoms with Crippen molar-refractivity contribution in [1.29, 1.82) is 0 Å². The molecule has 1 saturated heterocycles. The van der Waals surface area contributed by atoms with E-state index in [0.717, 1.165) is 11.1 Å². The first-order chi connectivity index (χ1) is 8.52. The molecule has 1 aromatic rings. The van der Waals surface area contributed by atoms with Gasteiger partial charge in [0.2, 0.25) is 0 Å². The molecule has 0 bridgehead atoms. The minimum absolute atomic E-state index is 0.178. The van der Waals surface area contributed by atoms with Crippen LogP contribution in [-0.2, 0) is 19.1 Å². The summed E-state index contributed by atoms with van der Waals surface area (Å²) in [5.74, 6) is -1.53. The Hall–Kier alpha value is -1.88. The maximum Gasteiger partial charge on any atom is 0.351 e. The van der Waals surface area contributed by atoms with Crippen molar-refractivity contribution in [3.8, 4) is 0 Å². The van der Waals surface area contributed by atoms with E-state index in [1.165, 1.54) is 0 Å². The first kappa shape index (κ1) is 12.6. The fraction of sp³-hybridized carbons (Fsp3) is 0.385. The fourth-order valence-corrected chi connectivity index (χ4v) is 1.88. The number of hydrogen-bond donors (Lipinski definition) is 1. The van der Waals surface area contributed by atoms with Crippen molar-refractivity contribution in [3.63, 3.8) is 0 Å². The number of primary amides is 1. The first-order valence-corrected chi connectivity index (χ1v) is 5.74. The molecule has 1 fully saturated rings. The molecule has 18 heavy (non-hydrogen) atoms. The van der Waals surface area contributed by atoms with Crippen LogP contribution in [0.2, 0.25) is 0 Å². The van der Waals surface area contributed by atoms with Crippen LogP contribution < -0.4 is 5.73 Å². The van der Waals surface area contributed by atoms with Crippen LogP contribution >= 0.6 is 0 Å². The van der Waals surface area contributed by atoms with Crippen LogP contribution in [0.1, 0.15) is 24.2 Å². The molecule has 1 aliphatic heterocycles. The maximum absolute atomic E-state index is 11.8. The Morgan fingerprint density at radius 1 is 1.39 bits per heavy atom. The molecular formula is C13H15NO4. The highest BCUT2D eigenvalue weighted by Gasteiger charge is 2.69. The number of ether oxygens (including phenoxy) is 2. The van der Waals surface area contributed by atoms with Gasteiger partial charge in [-0.05, 0) is 19.4 Å². The number of amides is 1. The zero-order valence-corrected chi connectivity index (χ0v) is 10.3. The van der Waals surface area contributed by atoms with E-state index in [1.54, 1.807) is 6.92 Å². The molecule has 1 aliphatic rings. The van der Waals surface area contributed by atoms with Crippen LogP contribution in [0.5, 0.6) is 0 Å². The summed E-state index contributed by atoms with van der Waals surface area (Å²) in [6.45, 7) is 3.79. The molecular weight excluding hydrogens is 234 g/mol. The smallest absolute Gasteiger partial charge is 0.351 e. The van der Waals surface area contributed by atoms with E-state index in [2.05, 4.69) is 0 Å². The predicted octanol–water partition coefficient (Wildman–Crippen LogP) is 0.854. The number of rotatable bonds is 4. The van der Waals surface area contributed by atoms with E-state index in [0.29, 0.717) is 0 Å². The zero-order chi connectivity index (χ0) is 13.3. The topological polar surface area (TPSA) is 81.9 Å². The highest BCUT2D eigenvalue weighted by molar-refractivity contribution is 6.09. The van der Waals surface area contributed by atoms with Gasteiger partial charge in [-0.25, -0.2) is 4.79 Å². The van der Waals surface area contributed by atoms with Gasteiger partial charge in [0, 0.05) is 0 Å². The first-order valence-electron chi connectivity index (χ1n) is 5.74. The van der Waals surface area contributed by atoms with Gasteiger partial charge in [0.05, 0.1) is 6.61 Å². The predicted molar refractivity (Wildman–Crippen MR) is 63.6 cm³/mol. The molecule has 2 atom stereocenters. The van der Waals surface area contributed by atoms with E-state index >= 15 is 0 Å². The van der Waals surface area contributed by atoms with Gasteiger partial charge in [-0.2, -0.15) is 0 Å².